The van der Waals surface area contributed by atoms with E-state index in [-0.39, 0.29) is 24.1 Å². The molecule has 1 saturated heterocycles. The van der Waals surface area contributed by atoms with Crippen LogP contribution < -0.4 is 15.4 Å². The first-order valence-electron chi connectivity index (χ1n) is 12.1. The fraction of sp³-hybridized carbons (Fsp3) is 0.407. The van der Waals surface area contributed by atoms with Gasteiger partial charge in [-0.05, 0) is 82.6 Å². The van der Waals surface area contributed by atoms with Gasteiger partial charge in [-0.15, -0.1) is 0 Å². The molecule has 196 valence electrons. The summed E-state index contributed by atoms with van der Waals surface area (Å²) in [5, 5.41) is 6.05. The highest BCUT2D eigenvalue weighted by Crippen LogP contribution is 2.42. The van der Waals surface area contributed by atoms with E-state index in [4.69, 9.17) is 9.47 Å². The Kier molecular flexibility index (Phi) is 7.58. The number of amides is 2. The molecule has 37 heavy (non-hydrogen) atoms. The van der Waals surface area contributed by atoms with Crippen molar-refractivity contribution in [3.8, 4) is 5.75 Å². The molecule has 0 saturated carbocycles. The van der Waals surface area contributed by atoms with Crippen molar-refractivity contribution in [3.63, 3.8) is 0 Å². The van der Waals surface area contributed by atoms with Crippen molar-refractivity contribution < 1.29 is 33.0 Å². The van der Waals surface area contributed by atoms with E-state index < -0.39 is 35.4 Å². The summed E-state index contributed by atoms with van der Waals surface area (Å²) < 4.78 is 25.4. The lowest BCUT2D eigenvalue weighted by atomic mass is 9.85. The van der Waals surface area contributed by atoms with Crippen LogP contribution in [0.1, 0.15) is 65.9 Å². The number of esters is 1. The van der Waals surface area contributed by atoms with E-state index in [1.807, 2.05) is 0 Å². The van der Waals surface area contributed by atoms with Crippen molar-refractivity contribution in [1.29, 1.82) is 0 Å². The molecule has 0 spiro atoms. The lowest BCUT2D eigenvalue weighted by Crippen LogP contribution is -2.56. The van der Waals surface area contributed by atoms with Crippen LogP contribution in [0.3, 0.4) is 0 Å². The van der Waals surface area contributed by atoms with Crippen LogP contribution in [0.2, 0.25) is 0 Å². The first kappa shape index (κ1) is 26.3. The molecular weight excluding hydrogens is 481 g/mol. The highest BCUT2D eigenvalue weighted by Gasteiger charge is 2.47. The first-order valence-corrected chi connectivity index (χ1v) is 12.1. The molecule has 0 aromatic heterocycles. The van der Waals surface area contributed by atoms with Gasteiger partial charge in [-0.25, -0.2) is 4.39 Å². The van der Waals surface area contributed by atoms with E-state index in [9.17, 15) is 23.6 Å². The Labute approximate surface area is 214 Å². The second-order valence-electron chi connectivity index (χ2n) is 9.77. The predicted octanol–water partition coefficient (Wildman–Crippen LogP) is 2.75. The molecule has 2 N–H and O–H groups in total. The number of halogens is 1. The van der Waals surface area contributed by atoms with E-state index in [0.29, 0.717) is 23.3 Å². The van der Waals surface area contributed by atoms with Crippen LogP contribution in [0.25, 0.3) is 0 Å². The van der Waals surface area contributed by atoms with Gasteiger partial charge in [0.25, 0.3) is 5.91 Å². The second kappa shape index (κ2) is 10.7. The van der Waals surface area contributed by atoms with Gasteiger partial charge >= 0.3 is 5.97 Å². The molecule has 0 aliphatic carbocycles. The molecular formula is C27H30FN3O6. The molecule has 2 aromatic carbocycles. The molecule has 2 aliphatic heterocycles. The molecule has 0 unspecified atom stereocenters. The number of Topliss-reactive ketones (excluding diaryl/α,β-unsaturated/α-hetero) is 1. The molecule has 2 aromatic rings. The van der Waals surface area contributed by atoms with Gasteiger partial charge < -0.3 is 19.7 Å². The van der Waals surface area contributed by atoms with Crippen LogP contribution in [0, 0.1) is 5.82 Å². The maximum absolute atomic E-state index is 13.4. The number of carbonyl (C=O) groups is 4. The number of rotatable bonds is 8. The first-order chi connectivity index (χ1) is 17.6. The number of nitrogens with zero attached hydrogens (tertiary/aromatic N) is 1. The van der Waals surface area contributed by atoms with Gasteiger partial charge in [0.15, 0.2) is 11.9 Å². The summed E-state index contributed by atoms with van der Waals surface area (Å²) in [6.07, 6.45) is 0.953. The van der Waals surface area contributed by atoms with Crippen LogP contribution in [-0.2, 0) is 14.3 Å². The molecule has 10 heteroatoms. The Morgan fingerprint density at radius 2 is 1.89 bits per heavy atom. The van der Waals surface area contributed by atoms with E-state index >= 15 is 0 Å². The van der Waals surface area contributed by atoms with Crippen LogP contribution in [0.5, 0.6) is 5.75 Å². The molecule has 2 amide bonds. The fourth-order valence-electron chi connectivity index (χ4n) is 4.70. The van der Waals surface area contributed by atoms with Gasteiger partial charge in [0.1, 0.15) is 23.7 Å². The summed E-state index contributed by atoms with van der Waals surface area (Å²) in [5.74, 6) is -1.43. The van der Waals surface area contributed by atoms with Crippen molar-refractivity contribution in [3.05, 3.63) is 65.0 Å². The number of benzene rings is 2. The Balaban J connectivity index is 1.66. The molecule has 0 radical (unpaired) electrons. The van der Waals surface area contributed by atoms with Gasteiger partial charge in [0, 0.05) is 16.7 Å². The maximum Gasteiger partial charge on any atom is 0.326 e. The zero-order valence-electron chi connectivity index (χ0n) is 21.0. The number of carbonyl (C=O) groups excluding carboxylic acids is 4. The van der Waals surface area contributed by atoms with E-state index in [1.54, 1.807) is 32.0 Å². The molecule has 4 rings (SSSR count). The standard InChI is InChI=1S/C27H30FN3O6/c1-16(33)18-8-11-21-20(13-18)24(30-26(35)17-6-9-19(28)10-7-17)25(27(2,3)37-21)36-23(34)14-31(15-32)22-5-4-12-29-22/h6-11,13,15,22,24-25,29H,4-5,12,14H2,1-3H3,(H,30,35)/t22-,24+,25+/m0/s1. The number of ketones is 1. The van der Waals surface area contributed by atoms with Gasteiger partial charge in [0.05, 0.1) is 12.2 Å². The highest BCUT2D eigenvalue weighted by atomic mass is 19.1. The third kappa shape index (κ3) is 5.80. The Morgan fingerprint density at radius 3 is 2.51 bits per heavy atom. The number of nitrogens with one attached hydrogen (secondary N) is 2. The van der Waals surface area contributed by atoms with Crippen molar-refractivity contribution in [2.75, 3.05) is 13.1 Å². The topological polar surface area (TPSA) is 114 Å². The minimum atomic E-state index is -1.08. The van der Waals surface area contributed by atoms with Gasteiger partial charge in [-0.1, -0.05) is 0 Å². The lowest BCUT2D eigenvalue weighted by molar-refractivity contribution is -0.168. The zero-order valence-corrected chi connectivity index (χ0v) is 21.0. The minimum Gasteiger partial charge on any atom is -0.484 e. The van der Waals surface area contributed by atoms with Crippen molar-refractivity contribution >= 4 is 24.1 Å². The smallest absolute Gasteiger partial charge is 0.326 e. The third-order valence-corrected chi connectivity index (χ3v) is 6.65. The van der Waals surface area contributed by atoms with Crippen molar-refractivity contribution in [2.24, 2.45) is 0 Å². The molecule has 9 nitrogen and oxygen atoms in total. The molecule has 1 fully saturated rings. The van der Waals surface area contributed by atoms with Crippen molar-refractivity contribution in [2.45, 2.75) is 57.5 Å². The number of hydrogen-bond acceptors (Lipinski definition) is 7. The average molecular weight is 512 g/mol. The SMILES string of the molecule is CC(=O)c1ccc2c(c1)[C@@H](NC(=O)c1ccc(F)cc1)[C@@H](OC(=O)CN(C=O)[C@H]1CCCN1)C(C)(C)O2. The fourth-order valence-corrected chi connectivity index (χ4v) is 4.70. The maximum atomic E-state index is 13.4. The van der Waals surface area contributed by atoms with Crippen LogP contribution in [0.4, 0.5) is 4.39 Å². The monoisotopic (exact) mass is 511 g/mol. The summed E-state index contributed by atoms with van der Waals surface area (Å²) in [7, 11) is 0. The third-order valence-electron chi connectivity index (χ3n) is 6.65. The van der Waals surface area contributed by atoms with Gasteiger partial charge in [0.2, 0.25) is 6.41 Å². The quantitative estimate of drug-likeness (QED) is 0.318. The average Bonchev–Trinajstić information content (AvgIpc) is 3.39. The normalized spacial score (nSPS) is 21.8. The van der Waals surface area contributed by atoms with Gasteiger partial charge in [-0.2, -0.15) is 0 Å². The zero-order chi connectivity index (χ0) is 26.7. The highest BCUT2D eigenvalue weighted by molar-refractivity contribution is 5.95. The van der Waals surface area contributed by atoms with E-state index in [0.717, 1.165) is 19.4 Å². The molecule has 3 atom stereocenters. The van der Waals surface area contributed by atoms with E-state index in [1.165, 1.54) is 36.1 Å². The largest absolute Gasteiger partial charge is 0.484 e. The summed E-state index contributed by atoms with van der Waals surface area (Å²) in [5.41, 5.74) is -0.0178. The molecule has 2 heterocycles. The Morgan fingerprint density at radius 1 is 1.19 bits per heavy atom. The molecule has 2 aliphatic rings. The summed E-state index contributed by atoms with van der Waals surface area (Å²) in [4.78, 5) is 51.3. The number of ether oxygens (including phenoxy) is 2. The van der Waals surface area contributed by atoms with E-state index in [2.05, 4.69) is 10.6 Å². The van der Waals surface area contributed by atoms with Gasteiger partial charge in [-0.3, -0.25) is 24.5 Å². The molecule has 0 bridgehead atoms. The number of fused-ring (bicyclic) bond motifs is 1. The number of hydrogen-bond donors (Lipinski definition) is 2. The Bertz CT molecular complexity index is 1190. The minimum absolute atomic E-state index is 0.185. The van der Waals surface area contributed by atoms with Crippen LogP contribution in [0.15, 0.2) is 42.5 Å². The summed E-state index contributed by atoms with van der Waals surface area (Å²) in [6, 6.07) is 9.01. The predicted molar refractivity (Wildman–Crippen MR) is 131 cm³/mol. The van der Waals surface area contributed by atoms with Crippen LogP contribution >= 0.6 is 0 Å². The lowest BCUT2D eigenvalue weighted by Gasteiger charge is -2.44. The second-order valence-corrected chi connectivity index (χ2v) is 9.77. The summed E-state index contributed by atoms with van der Waals surface area (Å²) >= 11 is 0. The summed E-state index contributed by atoms with van der Waals surface area (Å²) in [6.45, 7) is 5.33. The van der Waals surface area contributed by atoms with Crippen LogP contribution in [-0.4, -0.2) is 59.9 Å². The van der Waals surface area contributed by atoms with Crippen molar-refractivity contribution in [1.82, 2.24) is 15.5 Å². The Hall–Kier alpha value is -3.79.